The summed E-state index contributed by atoms with van der Waals surface area (Å²) in [5.74, 6) is -4.60. The summed E-state index contributed by atoms with van der Waals surface area (Å²) < 4.78 is 39.1. The SMILES string of the molecule is Cc1cnc(C(F)(F)CC#N)c(F)c1. The van der Waals surface area contributed by atoms with Crippen molar-refractivity contribution in [2.24, 2.45) is 0 Å². The van der Waals surface area contributed by atoms with Crippen molar-refractivity contribution in [1.29, 1.82) is 5.26 Å². The first kappa shape index (κ1) is 10.5. The van der Waals surface area contributed by atoms with E-state index in [2.05, 4.69) is 4.98 Å². The molecule has 0 N–H and O–H groups in total. The summed E-state index contributed by atoms with van der Waals surface area (Å²) >= 11 is 0. The minimum atomic E-state index is -3.52. The molecule has 0 saturated carbocycles. The minimum absolute atomic E-state index is 0.457. The summed E-state index contributed by atoms with van der Waals surface area (Å²) in [6, 6.07) is 2.26. The molecule has 0 aliphatic heterocycles. The highest BCUT2D eigenvalue weighted by atomic mass is 19.3. The molecular weight excluding hydrogens is 193 g/mol. The van der Waals surface area contributed by atoms with Crippen molar-refractivity contribution in [3.8, 4) is 6.07 Å². The van der Waals surface area contributed by atoms with Crippen LogP contribution in [0.4, 0.5) is 13.2 Å². The molecule has 0 saturated heterocycles. The molecule has 0 fully saturated rings. The van der Waals surface area contributed by atoms with Gasteiger partial charge in [-0.2, -0.15) is 14.0 Å². The zero-order chi connectivity index (χ0) is 10.8. The second-order valence-electron chi connectivity index (χ2n) is 2.88. The predicted molar refractivity (Wildman–Crippen MR) is 43.1 cm³/mol. The Balaban J connectivity index is 3.14. The molecule has 0 aliphatic rings. The van der Waals surface area contributed by atoms with Crippen LogP contribution in [0.3, 0.4) is 0 Å². The topological polar surface area (TPSA) is 36.7 Å². The lowest BCUT2D eigenvalue weighted by atomic mass is 10.1. The second-order valence-corrected chi connectivity index (χ2v) is 2.88. The maximum atomic E-state index is 13.0. The fourth-order valence-electron chi connectivity index (χ4n) is 0.986. The van der Waals surface area contributed by atoms with E-state index in [-0.39, 0.29) is 0 Å². The van der Waals surface area contributed by atoms with Crippen LogP contribution in [0.15, 0.2) is 12.3 Å². The summed E-state index contributed by atoms with van der Waals surface area (Å²) in [4.78, 5) is 3.29. The van der Waals surface area contributed by atoms with E-state index in [9.17, 15) is 13.2 Å². The van der Waals surface area contributed by atoms with Crippen LogP contribution < -0.4 is 0 Å². The monoisotopic (exact) mass is 200 g/mol. The van der Waals surface area contributed by atoms with Crippen LogP contribution in [0.2, 0.25) is 0 Å². The highest BCUT2D eigenvalue weighted by Gasteiger charge is 2.36. The van der Waals surface area contributed by atoms with E-state index in [1.165, 1.54) is 6.07 Å². The van der Waals surface area contributed by atoms with Crippen molar-refractivity contribution in [3.05, 3.63) is 29.3 Å². The van der Waals surface area contributed by atoms with E-state index >= 15 is 0 Å². The van der Waals surface area contributed by atoms with Gasteiger partial charge in [-0.3, -0.25) is 4.98 Å². The van der Waals surface area contributed by atoms with Crippen LogP contribution in [0.1, 0.15) is 17.7 Å². The number of nitrogens with zero attached hydrogens (tertiary/aromatic N) is 2. The van der Waals surface area contributed by atoms with Gasteiger partial charge < -0.3 is 0 Å². The van der Waals surface area contributed by atoms with E-state index in [1.807, 2.05) is 0 Å². The summed E-state index contributed by atoms with van der Waals surface area (Å²) in [6.07, 6.45) is 0.0731. The standard InChI is InChI=1S/C9H7F3N2/c1-6-4-7(10)8(14-5-6)9(11,12)2-3-13/h4-5H,2H2,1H3. The Kier molecular flexibility index (Phi) is 2.75. The van der Waals surface area contributed by atoms with Crippen LogP contribution in [0, 0.1) is 24.1 Å². The van der Waals surface area contributed by atoms with Gasteiger partial charge in [0.05, 0.1) is 6.07 Å². The molecule has 1 aromatic rings. The van der Waals surface area contributed by atoms with Gasteiger partial charge in [0.25, 0.3) is 0 Å². The maximum absolute atomic E-state index is 13.0. The first-order chi connectivity index (χ1) is 6.47. The summed E-state index contributed by atoms with van der Waals surface area (Å²) in [7, 11) is 0. The quantitative estimate of drug-likeness (QED) is 0.735. The molecule has 1 rings (SSSR count). The molecule has 0 amide bonds. The fraction of sp³-hybridized carbons (Fsp3) is 0.333. The summed E-state index contributed by atoms with van der Waals surface area (Å²) in [5, 5.41) is 8.13. The molecule has 0 radical (unpaired) electrons. The lowest BCUT2D eigenvalue weighted by molar-refractivity contribution is -0.00744. The molecule has 1 aromatic heterocycles. The number of nitriles is 1. The largest absolute Gasteiger partial charge is 0.305 e. The lowest BCUT2D eigenvalue weighted by Gasteiger charge is -2.12. The van der Waals surface area contributed by atoms with Gasteiger partial charge in [-0.1, -0.05) is 0 Å². The number of rotatable bonds is 2. The van der Waals surface area contributed by atoms with Crippen LogP contribution in [0.25, 0.3) is 0 Å². The Morgan fingerprint density at radius 3 is 2.71 bits per heavy atom. The van der Waals surface area contributed by atoms with Crippen molar-refractivity contribution < 1.29 is 13.2 Å². The van der Waals surface area contributed by atoms with E-state index in [0.29, 0.717) is 5.56 Å². The normalized spacial score (nSPS) is 11.1. The average Bonchev–Trinajstić information content (AvgIpc) is 2.02. The first-order valence-corrected chi connectivity index (χ1v) is 3.85. The van der Waals surface area contributed by atoms with Crippen LogP contribution in [-0.4, -0.2) is 4.98 Å². The van der Waals surface area contributed by atoms with Crippen LogP contribution >= 0.6 is 0 Å². The van der Waals surface area contributed by atoms with Crippen molar-refractivity contribution in [2.75, 3.05) is 0 Å². The number of hydrogen-bond acceptors (Lipinski definition) is 2. The molecule has 5 heteroatoms. The van der Waals surface area contributed by atoms with E-state index in [0.717, 1.165) is 12.3 Å². The summed E-state index contributed by atoms with van der Waals surface area (Å²) in [5.41, 5.74) is -0.511. The molecule has 0 aliphatic carbocycles. The van der Waals surface area contributed by atoms with Crippen molar-refractivity contribution in [1.82, 2.24) is 4.98 Å². The van der Waals surface area contributed by atoms with Gasteiger partial charge in [0.1, 0.15) is 12.1 Å². The molecule has 0 aromatic carbocycles. The average molecular weight is 200 g/mol. The number of aryl methyl sites for hydroxylation is 1. The van der Waals surface area contributed by atoms with E-state index in [4.69, 9.17) is 5.26 Å². The zero-order valence-corrected chi connectivity index (χ0v) is 7.39. The third kappa shape index (κ3) is 2.02. The molecule has 0 bridgehead atoms. The van der Waals surface area contributed by atoms with E-state index in [1.54, 1.807) is 6.92 Å². The molecule has 1 heterocycles. The van der Waals surface area contributed by atoms with Gasteiger partial charge in [-0.05, 0) is 18.6 Å². The van der Waals surface area contributed by atoms with Crippen molar-refractivity contribution >= 4 is 0 Å². The highest BCUT2D eigenvalue weighted by molar-refractivity contribution is 5.19. The molecule has 0 atom stereocenters. The van der Waals surface area contributed by atoms with Gasteiger partial charge in [0, 0.05) is 6.20 Å². The highest BCUT2D eigenvalue weighted by Crippen LogP contribution is 2.31. The fourth-order valence-corrected chi connectivity index (χ4v) is 0.986. The van der Waals surface area contributed by atoms with Crippen LogP contribution in [0.5, 0.6) is 0 Å². The number of halogens is 3. The Bertz CT molecular complexity index is 382. The van der Waals surface area contributed by atoms with Gasteiger partial charge >= 0.3 is 5.92 Å². The van der Waals surface area contributed by atoms with Gasteiger partial charge in [0.15, 0.2) is 5.82 Å². The number of hydrogen-bond donors (Lipinski definition) is 0. The van der Waals surface area contributed by atoms with Crippen molar-refractivity contribution in [3.63, 3.8) is 0 Å². The lowest BCUT2D eigenvalue weighted by Crippen LogP contribution is -2.16. The van der Waals surface area contributed by atoms with Gasteiger partial charge in [-0.25, -0.2) is 4.39 Å². The third-order valence-electron chi connectivity index (χ3n) is 1.63. The molecule has 2 nitrogen and oxygen atoms in total. The van der Waals surface area contributed by atoms with Gasteiger partial charge in [-0.15, -0.1) is 0 Å². The predicted octanol–water partition coefficient (Wildman–Crippen LogP) is 2.53. The Labute approximate surface area is 79.0 Å². The number of pyridine rings is 1. The van der Waals surface area contributed by atoms with E-state index < -0.39 is 23.9 Å². The summed E-state index contributed by atoms with van der Waals surface area (Å²) in [6.45, 7) is 1.54. The van der Waals surface area contributed by atoms with Crippen LogP contribution in [-0.2, 0) is 5.92 Å². The zero-order valence-electron chi connectivity index (χ0n) is 7.39. The Hall–Kier alpha value is -1.57. The molecule has 74 valence electrons. The Morgan fingerprint density at radius 1 is 1.57 bits per heavy atom. The first-order valence-electron chi connectivity index (χ1n) is 3.85. The second kappa shape index (κ2) is 3.66. The molecule has 0 spiro atoms. The maximum Gasteiger partial charge on any atom is 0.305 e. The van der Waals surface area contributed by atoms with Crippen molar-refractivity contribution in [2.45, 2.75) is 19.3 Å². The van der Waals surface area contributed by atoms with Gasteiger partial charge in [0.2, 0.25) is 0 Å². The molecule has 14 heavy (non-hydrogen) atoms. The number of aromatic nitrogens is 1. The molecule has 0 unspecified atom stereocenters. The smallest absolute Gasteiger partial charge is 0.252 e. The Morgan fingerprint density at radius 2 is 2.21 bits per heavy atom. The molecular formula is C9H7F3N2. The minimum Gasteiger partial charge on any atom is -0.252 e. The third-order valence-corrected chi connectivity index (χ3v) is 1.63. The number of alkyl halides is 2.